The smallest absolute Gasteiger partial charge is 0.405 e. The van der Waals surface area contributed by atoms with Crippen molar-refractivity contribution in [2.24, 2.45) is 0 Å². The van der Waals surface area contributed by atoms with Crippen LogP contribution in [0.15, 0.2) is 18.2 Å². The molecule has 0 aromatic heterocycles. The predicted molar refractivity (Wildman–Crippen MR) is 168 cm³/mol. The Hall–Kier alpha value is -0.735. The van der Waals surface area contributed by atoms with Crippen molar-refractivity contribution in [2.75, 3.05) is 18.0 Å². The molecule has 4 aliphatic heterocycles. The standard InChI is InChI=1S/C30H49B3ClNO6/c1-25(2)26(3,4)38-32(37-25)33-39-28(7,8)30(10,41-33)18-14-17-29(9)27(5,6)36-31(40-29)22-15-16-24(23(34)21-22)35-19-12-11-13-20-35/h15-16,21H,11-14,17-20H2,1-10H3. The summed E-state index contributed by atoms with van der Waals surface area (Å²) in [5, 5.41) is 0.757. The molecular formula is C30H49B3ClNO6. The molecule has 0 bridgehead atoms. The van der Waals surface area contributed by atoms with Crippen LogP contribution in [0.1, 0.15) is 108 Å². The van der Waals surface area contributed by atoms with Crippen LogP contribution in [0.4, 0.5) is 5.69 Å². The van der Waals surface area contributed by atoms with E-state index < -0.39 is 54.7 Å². The van der Waals surface area contributed by atoms with Crippen molar-refractivity contribution in [2.45, 2.75) is 141 Å². The van der Waals surface area contributed by atoms with Crippen LogP contribution in [0.5, 0.6) is 0 Å². The minimum Gasteiger partial charge on any atom is -0.405 e. The van der Waals surface area contributed by atoms with Crippen molar-refractivity contribution in [1.29, 1.82) is 0 Å². The monoisotopic (exact) mass is 587 g/mol. The van der Waals surface area contributed by atoms with Gasteiger partial charge in [-0.2, -0.15) is 0 Å². The molecular weight excluding hydrogens is 538 g/mol. The Bertz CT molecular complexity index is 1110. The van der Waals surface area contributed by atoms with Crippen molar-refractivity contribution in [3.63, 3.8) is 0 Å². The largest absolute Gasteiger partial charge is 0.494 e. The number of anilines is 1. The zero-order valence-electron chi connectivity index (χ0n) is 26.9. The molecule has 0 spiro atoms. The van der Waals surface area contributed by atoms with Gasteiger partial charge in [0, 0.05) is 13.1 Å². The van der Waals surface area contributed by atoms with Crippen LogP contribution in [-0.4, -0.2) is 67.8 Å². The van der Waals surface area contributed by atoms with Gasteiger partial charge in [0.2, 0.25) is 0 Å². The fourth-order valence-electron chi connectivity index (χ4n) is 6.42. The van der Waals surface area contributed by atoms with Crippen molar-refractivity contribution in [3.8, 4) is 0 Å². The summed E-state index contributed by atoms with van der Waals surface area (Å²) in [6, 6.07) is 6.24. The Labute approximate surface area is 254 Å². The van der Waals surface area contributed by atoms with E-state index in [4.69, 9.17) is 39.5 Å². The van der Waals surface area contributed by atoms with Gasteiger partial charge in [-0.25, -0.2) is 0 Å². The summed E-state index contributed by atoms with van der Waals surface area (Å²) in [5.41, 5.74) is -0.824. The molecule has 4 saturated heterocycles. The average molecular weight is 588 g/mol. The lowest BCUT2D eigenvalue weighted by Crippen LogP contribution is -2.47. The lowest BCUT2D eigenvalue weighted by atomic mass is 9.49. The van der Waals surface area contributed by atoms with Crippen LogP contribution in [-0.2, 0) is 27.9 Å². The highest BCUT2D eigenvalue weighted by Gasteiger charge is 2.65. The summed E-state index contributed by atoms with van der Waals surface area (Å²) < 4.78 is 38.7. The molecule has 1 aromatic rings. The second kappa shape index (κ2) is 10.7. The summed E-state index contributed by atoms with van der Waals surface area (Å²) in [5.74, 6) is 0. The van der Waals surface area contributed by atoms with E-state index in [1.807, 2.05) is 33.8 Å². The summed E-state index contributed by atoms with van der Waals surface area (Å²) in [4.78, 5) is 2.38. The lowest BCUT2D eigenvalue weighted by Gasteiger charge is -2.40. The SMILES string of the molecule is CC1(C)OB(B2OC(C)(C)C(C)(CCCC3(C)OB(c4ccc(N5CCCCC5)c(Cl)c4)OC3(C)C)O2)OC1(C)C. The molecule has 5 rings (SSSR count). The zero-order valence-corrected chi connectivity index (χ0v) is 27.7. The Balaban J connectivity index is 1.22. The first-order valence-corrected chi connectivity index (χ1v) is 15.9. The van der Waals surface area contributed by atoms with Crippen molar-refractivity contribution < 1.29 is 27.9 Å². The highest BCUT2D eigenvalue weighted by Crippen LogP contribution is 2.47. The van der Waals surface area contributed by atoms with Crippen LogP contribution in [0.25, 0.3) is 0 Å². The molecule has 226 valence electrons. The minimum atomic E-state index is -0.587. The quantitative estimate of drug-likeness (QED) is 0.362. The van der Waals surface area contributed by atoms with Crippen LogP contribution < -0.4 is 10.4 Å². The van der Waals surface area contributed by atoms with Crippen molar-refractivity contribution in [1.82, 2.24) is 0 Å². The van der Waals surface area contributed by atoms with E-state index in [1.54, 1.807) is 0 Å². The van der Waals surface area contributed by atoms with Gasteiger partial charge < -0.3 is 32.8 Å². The van der Waals surface area contributed by atoms with Crippen LogP contribution in [0.3, 0.4) is 0 Å². The van der Waals surface area contributed by atoms with E-state index in [1.165, 1.54) is 19.3 Å². The topological polar surface area (TPSA) is 58.6 Å². The zero-order chi connectivity index (χ0) is 30.1. The summed E-state index contributed by atoms with van der Waals surface area (Å²) in [6.07, 6.45) is 6.21. The second-order valence-electron chi connectivity index (χ2n) is 14.9. The van der Waals surface area contributed by atoms with Crippen molar-refractivity contribution in [3.05, 3.63) is 23.2 Å². The molecule has 2 unspecified atom stereocenters. The first-order chi connectivity index (χ1) is 18.9. The van der Waals surface area contributed by atoms with Crippen LogP contribution in [0, 0.1) is 0 Å². The number of nitrogens with zero attached hydrogens (tertiary/aromatic N) is 1. The molecule has 41 heavy (non-hydrogen) atoms. The Morgan fingerprint density at radius 1 is 0.659 bits per heavy atom. The van der Waals surface area contributed by atoms with Gasteiger partial charge in [-0.15, -0.1) is 0 Å². The van der Waals surface area contributed by atoms with Crippen LogP contribution >= 0.6 is 11.6 Å². The highest BCUT2D eigenvalue weighted by atomic mass is 35.5. The third-order valence-electron chi connectivity index (χ3n) is 10.8. The van der Waals surface area contributed by atoms with Gasteiger partial charge in [0.25, 0.3) is 0 Å². The highest BCUT2D eigenvalue weighted by molar-refractivity contribution is 7.11. The normalized spacial score (nSPS) is 32.3. The van der Waals surface area contributed by atoms with E-state index >= 15 is 0 Å². The molecule has 4 heterocycles. The Kier molecular flexibility index (Phi) is 8.28. The van der Waals surface area contributed by atoms with Gasteiger partial charge in [-0.1, -0.05) is 17.7 Å². The number of benzene rings is 1. The Morgan fingerprint density at radius 2 is 1.17 bits per heavy atom. The van der Waals surface area contributed by atoms with Gasteiger partial charge in [0.15, 0.2) is 0 Å². The second-order valence-corrected chi connectivity index (χ2v) is 15.3. The first-order valence-electron chi connectivity index (χ1n) is 15.5. The molecule has 0 aliphatic carbocycles. The summed E-state index contributed by atoms with van der Waals surface area (Å²) in [6.45, 7) is 23.0. The van der Waals surface area contributed by atoms with Gasteiger partial charge in [0.05, 0.1) is 44.3 Å². The number of hydrogen-bond acceptors (Lipinski definition) is 7. The summed E-state index contributed by atoms with van der Waals surface area (Å²) >= 11 is 6.78. The van der Waals surface area contributed by atoms with Gasteiger partial charge in [-0.3, -0.25) is 0 Å². The molecule has 2 atom stereocenters. The molecule has 4 fully saturated rings. The van der Waals surface area contributed by atoms with E-state index in [-0.39, 0.29) is 0 Å². The van der Waals surface area contributed by atoms with Crippen LogP contribution in [0.2, 0.25) is 5.02 Å². The fraction of sp³-hybridized carbons (Fsp3) is 0.800. The third-order valence-corrected chi connectivity index (χ3v) is 11.1. The minimum absolute atomic E-state index is 0.442. The Morgan fingerprint density at radius 3 is 1.76 bits per heavy atom. The van der Waals surface area contributed by atoms with Gasteiger partial charge in [0.1, 0.15) is 0 Å². The number of halogens is 1. The fourth-order valence-corrected chi connectivity index (χ4v) is 6.73. The van der Waals surface area contributed by atoms with E-state index in [2.05, 4.69) is 58.6 Å². The first kappa shape index (κ1) is 31.7. The number of piperidine rings is 1. The lowest BCUT2D eigenvalue weighted by molar-refractivity contribution is -0.0377. The summed E-state index contributed by atoms with van der Waals surface area (Å²) in [7, 11) is -1.62. The van der Waals surface area contributed by atoms with E-state index in [0.717, 1.165) is 48.5 Å². The molecule has 0 N–H and O–H groups in total. The molecule has 0 amide bonds. The third kappa shape index (κ3) is 5.76. The van der Waals surface area contributed by atoms with Crippen molar-refractivity contribution >= 4 is 43.9 Å². The maximum atomic E-state index is 6.78. The van der Waals surface area contributed by atoms with Gasteiger partial charge >= 0.3 is 21.1 Å². The predicted octanol–water partition coefficient (Wildman–Crippen LogP) is 6.02. The molecule has 1 aromatic carbocycles. The maximum absolute atomic E-state index is 6.78. The molecule has 7 nitrogen and oxygen atoms in total. The van der Waals surface area contributed by atoms with E-state index in [9.17, 15) is 0 Å². The molecule has 4 aliphatic rings. The molecule has 11 heteroatoms. The number of rotatable bonds is 7. The van der Waals surface area contributed by atoms with E-state index in [0.29, 0.717) is 0 Å². The maximum Gasteiger partial charge on any atom is 0.494 e. The average Bonchev–Trinajstić information content (AvgIpc) is 3.35. The van der Waals surface area contributed by atoms with Gasteiger partial charge in [-0.05, 0) is 125 Å². The number of hydrogen-bond donors (Lipinski definition) is 0. The molecule has 0 saturated carbocycles. The molecule has 0 radical (unpaired) electrons.